The monoisotopic (exact) mass is 253 g/mol. The molecule has 1 aromatic rings. The van der Waals surface area contributed by atoms with Crippen molar-refractivity contribution < 1.29 is 5.11 Å². The van der Waals surface area contributed by atoms with Crippen molar-refractivity contribution in [1.29, 1.82) is 0 Å². The number of nitrogens with one attached hydrogen (secondary N) is 1. The summed E-state index contributed by atoms with van der Waals surface area (Å²) in [6.07, 6.45) is 6.20. The van der Waals surface area contributed by atoms with Gasteiger partial charge in [-0.3, -0.25) is 0 Å². The molecule has 0 aromatic carbocycles. The number of thiophene rings is 1. The standard InChI is InChI=1S/C14H23NOS/c1-11-3-2-4-13(6-5-11)15-9-14(16)12-7-8-17-10-12/h7-8,10-11,13-16H,2-6,9H2,1H3. The Morgan fingerprint density at radius 2 is 2.29 bits per heavy atom. The van der Waals surface area contributed by atoms with Crippen molar-refractivity contribution in [1.82, 2.24) is 5.32 Å². The molecule has 1 heterocycles. The summed E-state index contributed by atoms with van der Waals surface area (Å²) in [5.41, 5.74) is 1.05. The minimum atomic E-state index is -0.345. The highest BCUT2D eigenvalue weighted by Crippen LogP contribution is 2.23. The molecule has 0 amide bonds. The molecule has 1 fully saturated rings. The number of aliphatic hydroxyl groups excluding tert-OH is 1. The Bertz CT molecular complexity index is 312. The van der Waals surface area contributed by atoms with Gasteiger partial charge in [0.05, 0.1) is 6.10 Å². The van der Waals surface area contributed by atoms with E-state index < -0.39 is 0 Å². The number of rotatable bonds is 4. The van der Waals surface area contributed by atoms with Crippen LogP contribution in [0, 0.1) is 5.92 Å². The molecule has 0 radical (unpaired) electrons. The quantitative estimate of drug-likeness (QED) is 0.807. The van der Waals surface area contributed by atoms with E-state index in [2.05, 4.69) is 12.2 Å². The first-order valence-electron chi connectivity index (χ1n) is 6.69. The van der Waals surface area contributed by atoms with Crippen molar-refractivity contribution in [3.8, 4) is 0 Å². The minimum absolute atomic E-state index is 0.345. The van der Waals surface area contributed by atoms with E-state index >= 15 is 0 Å². The molecule has 0 spiro atoms. The number of hydrogen-bond donors (Lipinski definition) is 2. The van der Waals surface area contributed by atoms with E-state index in [0.29, 0.717) is 12.6 Å². The van der Waals surface area contributed by atoms with Crippen molar-refractivity contribution in [2.24, 2.45) is 5.92 Å². The van der Waals surface area contributed by atoms with Gasteiger partial charge in [0, 0.05) is 12.6 Å². The highest BCUT2D eigenvalue weighted by atomic mass is 32.1. The Morgan fingerprint density at radius 3 is 3.06 bits per heavy atom. The van der Waals surface area contributed by atoms with E-state index in [4.69, 9.17) is 0 Å². The van der Waals surface area contributed by atoms with Gasteiger partial charge in [-0.25, -0.2) is 0 Å². The molecule has 1 aliphatic rings. The second-order valence-electron chi connectivity index (χ2n) is 5.29. The molecule has 17 heavy (non-hydrogen) atoms. The van der Waals surface area contributed by atoms with Crippen LogP contribution in [0.2, 0.25) is 0 Å². The summed E-state index contributed by atoms with van der Waals surface area (Å²) in [7, 11) is 0. The van der Waals surface area contributed by atoms with Gasteiger partial charge in [-0.05, 0) is 47.6 Å². The van der Waals surface area contributed by atoms with Crippen LogP contribution in [0.25, 0.3) is 0 Å². The Kier molecular flexibility index (Phi) is 5.01. The highest BCUT2D eigenvalue weighted by Gasteiger charge is 2.17. The predicted molar refractivity (Wildman–Crippen MR) is 73.3 cm³/mol. The fourth-order valence-electron chi connectivity index (χ4n) is 2.55. The van der Waals surface area contributed by atoms with E-state index in [-0.39, 0.29) is 6.10 Å². The van der Waals surface area contributed by atoms with Crippen molar-refractivity contribution in [3.05, 3.63) is 22.4 Å². The SMILES string of the molecule is CC1CCCC(NCC(O)c2ccsc2)CC1. The van der Waals surface area contributed by atoms with Gasteiger partial charge in [-0.15, -0.1) is 0 Å². The molecule has 0 saturated heterocycles. The molecule has 96 valence electrons. The largest absolute Gasteiger partial charge is 0.387 e. The first kappa shape index (κ1) is 13.1. The Hall–Kier alpha value is -0.380. The molecule has 3 heteroatoms. The normalized spacial score (nSPS) is 27.6. The number of aliphatic hydroxyl groups is 1. The summed E-state index contributed by atoms with van der Waals surface area (Å²) in [6, 6.07) is 2.61. The smallest absolute Gasteiger partial charge is 0.0922 e. The van der Waals surface area contributed by atoms with Gasteiger partial charge in [0.2, 0.25) is 0 Å². The topological polar surface area (TPSA) is 32.3 Å². The first-order chi connectivity index (χ1) is 8.25. The molecule has 3 atom stereocenters. The van der Waals surface area contributed by atoms with Crippen molar-refractivity contribution in [3.63, 3.8) is 0 Å². The lowest BCUT2D eigenvalue weighted by molar-refractivity contribution is 0.168. The van der Waals surface area contributed by atoms with E-state index in [1.54, 1.807) is 11.3 Å². The molecule has 3 unspecified atom stereocenters. The fourth-order valence-corrected chi connectivity index (χ4v) is 3.26. The molecule has 0 aliphatic heterocycles. The lowest BCUT2D eigenvalue weighted by Gasteiger charge is -2.18. The van der Waals surface area contributed by atoms with Crippen LogP contribution in [0.1, 0.15) is 50.7 Å². The Labute approximate surface area is 108 Å². The van der Waals surface area contributed by atoms with Gasteiger partial charge in [-0.1, -0.05) is 19.8 Å². The molecular weight excluding hydrogens is 230 g/mol. The minimum Gasteiger partial charge on any atom is -0.387 e. The van der Waals surface area contributed by atoms with Crippen LogP contribution in [-0.4, -0.2) is 17.7 Å². The van der Waals surface area contributed by atoms with Crippen molar-refractivity contribution in [2.75, 3.05) is 6.54 Å². The lowest BCUT2D eigenvalue weighted by atomic mass is 10.0. The van der Waals surface area contributed by atoms with Gasteiger partial charge in [-0.2, -0.15) is 11.3 Å². The molecule has 2 rings (SSSR count). The fraction of sp³-hybridized carbons (Fsp3) is 0.714. The van der Waals surface area contributed by atoms with Crippen LogP contribution in [0.4, 0.5) is 0 Å². The van der Waals surface area contributed by atoms with E-state index in [0.717, 1.165) is 11.5 Å². The van der Waals surface area contributed by atoms with Gasteiger partial charge in [0.1, 0.15) is 0 Å². The zero-order valence-electron chi connectivity index (χ0n) is 10.6. The summed E-state index contributed by atoms with van der Waals surface area (Å²) in [5, 5.41) is 17.6. The van der Waals surface area contributed by atoms with Crippen molar-refractivity contribution >= 4 is 11.3 Å². The van der Waals surface area contributed by atoms with Crippen LogP contribution in [0.3, 0.4) is 0 Å². The lowest BCUT2D eigenvalue weighted by Crippen LogP contribution is -2.32. The van der Waals surface area contributed by atoms with E-state index in [1.165, 1.54) is 32.1 Å². The molecule has 1 aromatic heterocycles. The van der Waals surface area contributed by atoms with Crippen molar-refractivity contribution in [2.45, 2.75) is 51.2 Å². The summed E-state index contributed by atoms with van der Waals surface area (Å²) in [5.74, 6) is 0.878. The maximum absolute atomic E-state index is 10.0. The third kappa shape index (κ3) is 4.09. The molecule has 2 nitrogen and oxygen atoms in total. The average Bonchev–Trinajstić information content (AvgIpc) is 2.78. The summed E-state index contributed by atoms with van der Waals surface area (Å²) in [6.45, 7) is 3.04. The third-order valence-electron chi connectivity index (χ3n) is 3.79. The highest BCUT2D eigenvalue weighted by molar-refractivity contribution is 7.07. The van der Waals surface area contributed by atoms with Gasteiger partial charge in [0.15, 0.2) is 0 Å². The molecule has 0 bridgehead atoms. The maximum atomic E-state index is 10.0. The summed E-state index contributed by atoms with van der Waals surface area (Å²) in [4.78, 5) is 0. The van der Waals surface area contributed by atoms with Gasteiger partial charge < -0.3 is 10.4 Å². The molecule has 1 saturated carbocycles. The van der Waals surface area contributed by atoms with Crippen LogP contribution >= 0.6 is 11.3 Å². The van der Waals surface area contributed by atoms with Crippen LogP contribution in [0.15, 0.2) is 16.8 Å². The second-order valence-corrected chi connectivity index (χ2v) is 6.07. The molecule has 1 aliphatic carbocycles. The summed E-state index contributed by atoms with van der Waals surface area (Å²) < 4.78 is 0. The second kappa shape index (κ2) is 6.53. The predicted octanol–water partition coefficient (Wildman–Crippen LogP) is 3.34. The van der Waals surface area contributed by atoms with Crippen LogP contribution in [0.5, 0.6) is 0 Å². The number of hydrogen-bond acceptors (Lipinski definition) is 3. The zero-order chi connectivity index (χ0) is 12.1. The Morgan fingerprint density at radius 1 is 1.41 bits per heavy atom. The van der Waals surface area contributed by atoms with Gasteiger partial charge >= 0.3 is 0 Å². The van der Waals surface area contributed by atoms with Gasteiger partial charge in [0.25, 0.3) is 0 Å². The summed E-state index contributed by atoms with van der Waals surface area (Å²) >= 11 is 1.65. The third-order valence-corrected chi connectivity index (χ3v) is 4.49. The zero-order valence-corrected chi connectivity index (χ0v) is 11.4. The Balaban J connectivity index is 1.74. The molecular formula is C14H23NOS. The van der Waals surface area contributed by atoms with Crippen LogP contribution < -0.4 is 5.32 Å². The first-order valence-corrected chi connectivity index (χ1v) is 7.63. The van der Waals surface area contributed by atoms with Crippen LogP contribution in [-0.2, 0) is 0 Å². The van der Waals surface area contributed by atoms with E-state index in [1.807, 2.05) is 16.8 Å². The van der Waals surface area contributed by atoms with E-state index in [9.17, 15) is 5.11 Å². The molecule has 2 N–H and O–H groups in total. The average molecular weight is 253 g/mol. The maximum Gasteiger partial charge on any atom is 0.0922 e.